The molecule has 53 heavy (non-hydrogen) atoms. The summed E-state index contributed by atoms with van der Waals surface area (Å²) in [6.07, 6.45) is 7.89. The molecule has 3 aromatic carbocycles. The zero-order valence-corrected chi connectivity index (χ0v) is 29.7. The summed E-state index contributed by atoms with van der Waals surface area (Å²) in [5.74, 6) is -0.288. The summed E-state index contributed by atoms with van der Waals surface area (Å²) in [6, 6.07) is 23.4. The Kier molecular flexibility index (Phi) is 10.1. The Morgan fingerprint density at radius 1 is 0.660 bits per heavy atom. The highest BCUT2D eigenvalue weighted by atomic mass is 16.2. The van der Waals surface area contributed by atoms with Gasteiger partial charge in [-0.1, -0.05) is 49.2 Å². The number of pyridine rings is 1. The number of nitrogens with one attached hydrogen (secondary N) is 3. The smallest absolute Gasteiger partial charge is 0.255 e. The van der Waals surface area contributed by atoms with Gasteiger partial charge in [0, 0.05) is 34.2 Å². The predicted molar refractivity (Wildman–Crippen MR) is 204 cm³/mol. The molecule has 2 fully saturated rings. The lowest BCUT2D eigenvalue weighted by Gasteiger charge is -2.27. The number of hydrogen-bond acceptors (Lipinski definition) is 11. The van der Waals surface area contributed by atoms with E-state index in [1.165, 1.54) is 44.6 Å². The van der Waals surface area contributed by atoms with Crippen LogP contribution in [0.5, 0.6) is 0 Å². The summed E-state index contributed by atoms with van der Waals surface area (Å²) in [6.45, 7) is 5.68. The first kappa shape index (κ1) is 34.5. The zero-order valence-electron chi connectivity index (χ0n) is 29.7. The van der Waals surface area contributed by atoms with Crippen molar-refractivity contribution in [2.75, 3.05) is 55.5 Å². The second-order valence-electron chi connectivity index (χ2n) is 14.1. The van der Waals surface area contributed by atoms with Crippen LogP contribution < -0.4 is 16.0 Å². The first-order valence-corrected chi connectivity index (χ1v) is 18.6. The monoisotopic (exact) mass is 709 g/mol. The summed E-state index contributed by atoms with van der Waals surface area (Å²) in [5.41, 5.74) is 3.55. The van der Waals surface area contributed by atoms with Gasteiger partial charge < -0.3 is 16.0 Å². The topological polar surface area (TPSA) is 145 Å². The molecule has 270 valence electrons. The molecule has 3 N–H and O–H groups in total. The van der Waals surface area contributed by atoms with E-state index < -0.39 is 5.92 Å². The number of carbonyl (C=O) groups excluding carboxylic acids is 3. The Morgan fingerprint density at radius 2 is 1.30 bits per heavy atom. The number of fused-ring (bicyclic) bond motifs is 2. The molecule has 2 aromatic heterocycles. The van der Waals surface area contributed by atoms with Gasteiger partial charge in [-0.05, 0) is 99.9 Å². The van der Waals surface area contributed by atoms with Gasteiger partial charge in [0.25, 0.3) is 5.91 Å². The van der Waals surface area contributed by atoms with Crippen molar-refractivity contribution in [1.29, 1.82) is 0 Å². The van der Waals surface area contributed by atoms with Gasteiger partial charge in [-0.15, -0.1) is 0 Å². The number of amides is 1. The highest BCUT2D eigenvalue weighted by Gasteiger charge is 2.41. The molecule has 2 aliphatic heterocycles. The maximum atomic E-state index is 13.5. The Morgan fingerprint density at radius 3 is 1.98 bits per heavy atom. The molecule has 1 unspecified atom stereocenters. The van der Waals surface area contributed by atoms with Crippen LogP contribution in [0.25, 0.3) is 10.9 Å². The largest absolute Gasteiger partial charge is 0.341 e. The average Bonchev–Trinajstić information content (AvgIpc) is 3.45. The van der Waals surface area contributed by atoms with Gasteiger partial charge in [-0.25, -0.2) is 0 Å². The second kappa shape index (κ2) is 15.6. The summed E-state index contributed by atoms with van der Waals surface area (Å²) in [4.78, 5) is 63.8. The minimum Gasteiger partial charge on any atom is -0.341 e. The van der Waals surface area contributed by atoms with E-state index >= 15 is 0 Å². The summed E-state index contributed by atoms with van der Waals surface area (Å²) in [7, 11) is 0. The summed E-state index contributed by atoms with van der Waals surface area (Å²) < 4.78 is 0. The van der Waals surface area contributed by atoms with Crippen LogP contribution in [-0.4, -0.2) is 86.7 Å². The molecule has 0 spiro atoms. The van der Waals surface area contributed by atoms with Gasteiger partial charge in [0.2, 0.25) is 11.9 Å². The van der Waals surface area contributed by atoms with Crippen LogP contribution in [0.1, 0.15) is 92.6 Å². The fourth-order valence-electron chi connectivity index (χ4n) is 7.39. The number of piperidine rings is 2. The maximum absolute atomic E-state index is 13.5. The van der Waals surface area contributed by atoms with Crippen LogP contribution >= 0.6 is 0 Å². The van der Waals surface area contributed by atoms with Gasteiger partial charge in [-0.3, -0.25) is 29.2 Å². The van der Waals surface area contributed by atoms with Gasteiger partial charge in [-0.2, -0.15) is 15.0 Å². The van der Waals surface area contributed by atoms with Crippen molar-refractivity contribution in [3.05, 3.63) is 113 Å². The number of hydrogen-bond donors (Lipinski definition) is 3. The van der Waals surface area contributed by atoms with Crippen molar-refractivity contribution < 1.29 is 14.4 Å². The first-order valence-electron chi connectivity index (χ1n) is 18.6. The molecule has 2 saturated heterocycles. The van der Waals surface area contributed by atoms with Crippen LogP contribution in [0.4, 0.5) is 17.6 Å². The molecule has 12 heteroatoms. The molecule has 1 amide bonds. The number of aromatic nitrogens is 4. The summed E-state index contributed by atoms with van der Waals surface area (Å²) >= 11 is 0. The van der Waals surface area contributed by atoms with E-state index in [4.69, 9.17) is 15.0 Å². The molecule has 8 rings (SSSR count). The molecule has 0 bridgehead atoms. The fourth-order valence-corrected chi connectivity index (χ4v) is 7.39. The molecule has 1 atom stereocenters. The lowest BCUT2D eigenvalue weighted by Crippen LogP contribution is -2.35. The number of likely N-dealkylation sites (tertiary alicyclic amines) is 2. The van der Waals surface area contributed by atoms with Gasteiger partial charge >= 0.3 is 0 Å². The Labute approximate surface area is 308 Å². The van der Waals surface area contributed by atoms with E-state index in [1.54, 1.807) is 18.2 Å². The SMILES string of the molecule is O=C(Nc1ccc(Cc2nc(NCN3CCCCC3)nc(NCN3CCCCC3)n2)cc1)c1ccc2c(c1)C(=O)C(c1ccc3ccccc3n1)C2=O. The minimum absolute atomic E-state index is 0.241. The van der Waals surface area contributed by atoms with Crippen LogP contribution in [0, 0.1) is 0 Å². The number of benzene rings is 3. The van der Waals surface area contributed by atoms with Crippen LogP contribution in [-0.2, 0) is 6.42 Å². The molecule has 5 aromatic rings. The standard InChI is InChI=1S/C41H43N9O3/c51-37-31-17-13-29(24-32(31)38(52)36(37)34-18-14-28-9-3-4-10-33(28)45-34)39(53)44-30-15-11-27(12-16-30)23-35-46-40(42-25-49-19-5-1-6-20-49)48-41(47-35)43-26-50-21-7-2-8-22-50/h3-4,9-18,24,36H,1-2,5-8,19-23,25-26H2,(H,44,53)(H2,42,43,46,47,48). The van der Waals surface area contributed by atoms with Gasteiger partial charge in [0.15, 0.2) is 11.6 Å². The lowest BCUT2D eigenvalue weighted by atomic mass is 9.98. The third kappa shape index (κ3) is 7.93. The molecular formula is C41H43N9O3. The third-order valence-corrected chi connectivity index (χ3v) is 10.3. The summed E-state index contributed by atoms with van der Waals surface area (Å²) in [5, 5.41) is 10.7. The second-order valence-corrected chi connectivity index (χ2v) is 14.1. The van der Waals surface area contributed by atoms with E-state index in [-0.39, 0.29) is 23.0 Å². The molecule has 12 nitrogen and oxygen atoms in total. The Bertz CT molecular complexity index is 2100. The van der Waals surface area contributed by atoms with Crippen molar-refractivity contribution in [2.24, 2.45) is 0 Å². The van der Waals surface area contributed by atoms with Crippen LogP contribution in [0.2, 0.25) is 0 Å². The van der Waals surface area contributed by atoms with Crippen LogP contribution in [0.15, 0.2) is 78.9 Å². The van der Waals surface area contributed by atoms with E-state index in [1.807, 2.05) is 54.6 Å². The zero-order chi connectivity index (χ0) is 36.1. The van der Waals surface area contributed by atoms with Crippen molar-refractivity contribution >= 4 is 46.0 Å². The highest BCUT2D eigenvalue weighted by Crippen LogP contribution is 2.34. The molecule has 1 aliphatic carbocycles. The number of nitrogens with zero attached hydrogens (tertiary/aromatic N) is 6. The van der Waals surface area contributed by atoms with Crippen molar-refractivity contribution in [3.63, 3.8) is 0 Å². The number of rotatable bonds is 11. The number of anilines is 3. The van der Waals surface area contributed by atoms with Crippen molar-refractivity contribution in [3.8, 4) is 0 Å². The highest BCUT2D eigenvalue weighted by molar-refractivity contribution is 6.30. The molecule has 0 radical (unpaired) electrons. The quantitative estimate of drug-likeness (QED) is 0.136. The lowest BCUT2D eigenvalue weighted by molar-refractivity contribution is 0.0887. The van der Waals surface area contributed by atoms with Gasteiger partial charge in [0.05, 0.1) is 24.5 Å². The molecule has 0 saturated carbocycles. The average molecular weight is 710 g/mol. The normalized spacial score (nSPS) is 17.8. The first-order chi connectivity index (χ1) is 26.0. The van der Waals surface area contributed by atoms with E-state index in [9.17, 15) is 14.4 Å². The van der Waals surface area contributed by atoms with Gasteiger partial charge in [0.1, 0.15) is 11.7 Å². The number of para-hydroxylation sites is 1. The fraction of sp³-hybridized carbons (Fsp3) is 0.341. The molecule has 4 heterocycles. The van der Waals surface area contributed by atoms with E-state index in [0.717, 1.165) is 42.6 Å². The number of ketones is 2. The minimum atomic E-state index is -1.02. The Hall–Kier alpha value is -5.59. The molecular weight excluding hydrogens is 667 g/mol. The van der Waals surface area contributed by atoms with Crippen molar-refractivity contribution in [2.45, 2.75) is 50.9 Å². The van der Waals surface area contributed by atoms with E-state index in [0.29, 0.717) is 60.0 Å². The number of carbonyl (C=O) groups is 3. The van der Waals surface area contributed by atoms with Crippen molar-refractivity contribution in [1.82, 2.24) is 29.7 Å². The third-order valence-electron chi connectivity index (χ3n) is 10.3. The van der Waals surface area contributed by atoms with Crippen LogP contribution in [0.3, 0.4) is 0 Å². The number of Topliss-reactive ketones (excluding diaryl/α,β-unsaturated/α-hetero) is 2. The maximum Gasteiger partial charge on any atom is 0.255 e. The Balaban J connectivity index is 0.929. The molecule has 3 aliphatic rings. The predicted octanol–water partition coefficient (Wildman–Crippen LogP) is 6.14. The van der Waals surface area contributed by atoms with E-state index in [2.05, 4.69) is 30.7 Å².